The quantitative estimate of drug-likeness (QED) is 0.490. The van der Waals surface area contributed by atoms with Crippen LogP contribution in [0.2, 0.25) is 0 Å². The van der Waals surface area contributed by atoms with Crippen molar-refractivity contribution in [3.8, 4) is 5.75 Å². The number of hydrogen-bond acceptors (Lipinski definition) is 4. The van der Waals surface area contributed by atoms with E-state index in [2.05, 4.69) is 4.98 Å². The molecule has 3 aromatic rings. The zero-order chi connectivity index (χ0) is 16.1. The Hall–Kier alpha value is -2.33. The Morgan fingerprint density at radius 3 is 2.65 bits per heavy atom. The second-order valence-electron chi connectivity index (χ2n) is 5.00. The molecule has 0 aliphatic rings. The summed E-state index contributed by atoms with van der Waals surface area (Å²) in [5.74, 6) is 1.30. The van der Waals surface area contributed by atoms with Gasteiger partial charge in [0, 0.05) is 22.0 Å². The third kappa shape index (κ3) is 3.71. The molecule has 0 aliphatic carbocycles. The lowest BCUT2D eigenvalue weighted by Crippen LogP contribution is -2.02. The van der Waals surface area contributed by atoms with Crippen LogP contribution in [0.4, 0.5) is 0 Å². The van der Waals surface area contributed by atoms with E-state index in [4.69, 9.17) is 4.74 Å². The fourth-order valence-corrected chi connectivity index (χ4v) is 3.26. The fraction of sp³-hybridized carbons (Fsp3) is 0.158. The molecule has 0 aliphatic heterocycles. The molecule has 116 valence electrons. The highest BCUT2D eigenvalue weighted by molar-refractivity contribution is 8.00. The number of nitrogens with zero attached hydrogens (tertiary/aromatic N) is 1. The summed E-state index contributed by atoms with van der Waals surface area (Å²) in [5, 5.41) is 1.08. The summed E-state index contributed by atoms with van der Waals surface area (Å²) in [6.07, 6.45) is 1.78. The van der Waals surface area contributed by atoms with Gasteiger partial charge in [0.15, 0.2) is 5.78 Å². The minimum atomic E-state index is 0.110. The van der Waals surface area contributed by atoms with E-state index < -0.39 is 0 Å². The van der Waals surface area contributed by atoms with Crippen molar-refractivity contribution in [2.45, 2.75) is 11.8 Å². The lowest BCUT2D eigenvalue weighted by Gasteiger charge is -2.06. The second-order valence-corrected chi connectivity index (χ2v) is 6.01. The van der Waals surface area contributed by atoms with Crippen molar-refractivity contribution in [2.75, 3.05) is 12.4 Å². The highest BCUT2D eigenvalue weighted by Gasteiger charge is 2.09. The third-order valence-electron chi connectivity index (χ3n) is 3.46. The monoisotopic (exact) mass is 323 g/mol. The summed E-state index contributed by atoms with van der Waals surface area (Å²) < 4.78 is 5.39. The molecular formula is C19H17NO2S. The molecule has 0 atom stereocenters. The first-order chi connectivity index (χ1) is 11.3. The van der Waals surface area contributed by atoms with Crippen LogP contribution >= 0.6 is 11.8 Å². The summed E-state index contributed by atoms with van der Waals surface area (Å²) in [4.78, 5) is 17.8. The number of para-hydroxylation sites is 1. The predicted molar refractivity (Wildman–Crippen MR) is 94.4 cm³/mol. The van der Waals surface area contributed by atoms with Crippen LogP contribution in [0.3, 0.4) is 0 Å². The Morgan fingerprint density at radius 2 is 1.87 bits per heavy atom. The van der Waals surface area contributed by atoms with E-state index in [1.54, 1.807) is 18.0 Å². The fourth-order valence-electron chi connectivity index (χ4n) is 2.33. The summed E-state index contributed by atoms with van der Waals surface area (Å²) in [6.45, 7) is 2.56. The molecule has 4 heteroatoms. The zero-order valence-electron chi connectivity index (χ0n) is 12.9. The standard InChI is InChI=1S/C19H17NO2S/c1-2-22-15-9-7-14(8-10-15)18(21)13-23-19-11-12-20-17-6-4-3-5-16(17)19/h3-12H,2,13H2,1H3. The first kappa shape index (κ1) is 15.6. The number of fused-ring (bicyclic) bond motifs is 1. The van der Waals surface area contributed by atoms with Gasteiger partial charge in [0.05, 0.1) is 17.9 Å². The first-order valence-corrected chi connectivity index (χ1v) is 8.49. The van der Waals surface area contributed by atoms with Crippen LogP contribution in [-0.4, -0.2) is 23.1 Å². The van der Waals surface area contributed by atoms with Crippen molar-refractivity contribution in [3.05, 3.63) is 66.4 Å². The van der Waals surface area contributed by atoms with Crippen molar-refractivity contribution in [1.82, 2.24) is 4.98 Å². The maximum absolute atomic E-state index is 12.3. The Labute approximate surface area is 139 Å². The number of aromatic nitrogens is 1. The zero-order valence-corrected chi connectivity index (χ0v) is 13.7. The Morgan fingerprint density at radius 1 is 1.09 bits per heavy atom. The maximum Gasteiger partial charge on any atom is 0.173 e. The van der Waals surface area contributed by atoms with Crippen LogP contribution in [0.5, 0.6) is 5.75 Å². The Balaban J connectivity index is 1.70. The number of benzene rings is 2. The molecule has 0 amide bonds. The summed E-state index contributed by atoms with van der Waals surface area (Å²) in [7, 11) is 0. The van der Waals surface area contributed by atoms with Gasteiger partial charge in [-0.25, -0.2) is 0 Å². The number of carbonyl (C=O) groups excluding carboxylic acids is 1. The largest absolute Gasteiger partial charge is 0.494 e. The molecule has 23 heavy (non-hydrogen) atoms. The van der Waals surface area contributed by atoms with Gasteiger partial charge in [0.25, 0.3) is 0 Å². The van der Waals surface area contributed by atoms with Crippen LogP contribution in [-0.2, 0) is 0 Å². The van der Waals surface area contributed by atoms with Crippen molar-refractivity contribution >= 4 is 28.4 Å². The lowest BCUT2D eigenvalue weighted by molar-refractivity contribution is 0.102. The molecule has 3 rings (SSSR count). The van der Waals surface area contributed by atoms with Gasteiger partial charge in [-0.3, -0.25) is 9.78 Å². The number of hydrogen-bond donors (Lipinski definition) is 0. The van der Waals surface area contributed by atoms with Crippen molar-refractivity contribution in [2.24, 2.45) is 0 Å². The average molecular weight is 323 g/mol. The van der Waals surface area contributed by atoms with E-state index in [9.17, 15) is 4.79 Å². The van der Waals surface area contributed by atoms with E-state index in [-0.39, 0.29) is 5.78 Å². The van der Waals surface area contributed by atoms with Gasteiger partial charge in [0.1, 0.15) is 5.75 Å². The number of Topliss-reactive ketones (excluding diaryl/α,β-unsaturated/α-hetero) is 1. The number of carbonyl (C=O) groups is 1. The third-order valence-corrected chi connectivity index (χ3v) is 4.53. The van der Waals surface area contributed by atoms with Gasteiger partial charge in [-0.05, 0) is 43.3 Å². The SMILES string of the molecule is CCOc1ccc(C(=O)CSc2ccnc3ccccc23)cc1. The predicted octanol–water partition coefficient (Wildman–Crippen LogP) is 4.61. The molecule has 0 N–H and O–H groups in total. The van der Waals surface area contributed by atoms with Crippen molar-refractivity contribution in [1.29, 1.82) is 0 Å². The number of thioether (sulfide) groups is 1. The summed E-state index contributed by atoms with van der Waals surface area (Å²) in [6, 6.07) is 17.2. The molecular weight excluding hydrogens is 306 g/mol. The van der Waals surface area contributed by atoms with Gasteiger partial charge < -0.3 is 4.74 Å². The normalized spacial score (nSPS) is 10.7. The van der Waals surface area contributed by atoms with Crippen LogP contribution in [0.15, 0.2) is 65.7 Å². The Kier molecular flexibility index (Phi) is 4.93. The van der Waals surface area contributed by atoms with E-state index in [0.717, 1.165) is 21.5 Å². The maximum atomic E-state index is 12.3. The van der Waals surface area contributed by atoms with Crippen LogP contribution in [0.25, 0.3) is 10.9 Å². The summed E-state index contributed by atoms with van der Waals surface area (Å²) >= 11 is 1.55. The number of ether oxygens (including phenoxy) is 1. The van der Waals surface area contributed by atoms with E-state index in [1.165, 1.54) is 0 Å². The molecule has 1 aromatic heterocycles. The molecule has 2 aromatic carbocycles. The molecule has 0 bridgehead atoms. The van der Waals surface area contributed by atoms with Crippen LogP contribution in [0.1, 0.15) is 17.3 Å². The molecule has 3 nitrogen and oxygen atoms in total. The van der Waals surface area contributed by atoms with Crippen LogP contribution in [0, 0.1) is 0 Å². The summed E-state index contributed by atoms with van der Waals surface area (Å²) in [5.41, 5.74) is 1.66. The number of rotatable bonds is 6. The number of ketones is 1. The number of pyridine rings is 1. The molecule has 0 saturated heterocycles. The molecule has 1 heterocycles. The van der Waals surface area contributed by atoms with Crippen LogP contribution < -0.4 is 4.74 Å². The topological polar surface area (TPSA) is 39.2 Å². The molecule has 0 saturated carbocycles. The average Bonchev–Trinajstić information content (AvgIpc) is 2.60. The second kappa shape index (κ2) is 7.29. The molecule has 0 spiro atoms. The molecule has 0 radical (unpaired) electrons. The minimum absolute atomic E-state index is 0.110. The van der Waals surface area contributed by atoms with E-state index in [0.29, 0.717) is 17.9 Å². The molecule has 0 fully saturated rings. The van der Waals surface area contributed by atoms with Gasteiger partial charge in [-0.15, -0.1) is 11.8 Å². The Bertz CT molecular complexity index is 810. The smallest absolute Gasteiger partial charge is 0.173 e. The van der Waals surface area contributed by atoms with Gasteiger partial charge >= 0.3 is 0 Å². The van der Waals surface area contributed by atoms with Crippen molar-refractivity contribution in [3.63, 3.8) is 0 Å². The highest BCUT2D eigenvalue weighted by Crippen LogP contribution is 2.27. The van der Waals surface area contributed by atoms with Gasteiger partial charge in [-0.2, -0.15) is 0 Å². The van der Waals surface area contributed by atoms with E-state index in [1.807, 2.05) is 61.5 Å². The van der Waals surface area contributed by atoms with E-state index >= 15 is 0 Å². The van der Waals surface area contributed by atoms with Gasteiger partial charge in [-0.1, -0.05) is 18.2 Å². The van der Waals surface area contributed by atoms with Gasteiger partial charge in [0.2, 0.25) is 0 Å². The molecule has 0 unspecified atom stereocenters. The lowest BCUT2D eigenvalue weighted by atomic mass is 10.1. The highest BCUT2D eigenvalue weighted by atomic mass is 32.2. The van der Waals surface area contributed by atoms with Crippen molar-refractivity contribution < 1.29 is 9.53 Å². The minimum Gasteiger partial charge on any atom is -0.494 e. The first-order valence-electron chi connectivity index (χ1n) is 7.50.